The molecule has 3 rings (SSSR count). The van der Waals surface area contributed by atoms with E-state index in [0.717, 1.165) is 11.4 Å². The summed E-state index contributed by atoms with van der Waals surface area (Å²) in [6, 6.07) is 8.21. The van der Waals surface area contributed by atoms with Crippen LogP contribution in [0.25, 0.3) is 0 Å². The van der Waals surface area contributed by atoms with Crippen LogP contribution in [0.3, 0.4) is 0 Å². The second-order valence-corrected chi connectivity index (χ2v) is 9.39. The first-order valence-corrected chi connectivity index (χ1v) is 11.6. The molecular formula is C21H29N5O5S. The third kappa shape index (κ3) is 5.22. The third-order valence-corrected chi connectivity index (χ3v) is 7.15. The van der Waals surface area contributed by atoms with Gasteiger partial charge in [-0.05, 0) is 23.8 Å². The van der Waals surface area contributed by atoms with Crippen molar-refractivity contribution < 1.29 is 22.7 Å². The highest BCUT2D eigenvalue weighted by atomic mass is 32.2. The van der Waals surface area contributed by atoms with Crippen LogP contribution in [-0.4, -0.2) is 83.1 Å². The average Bonchev–Trinajstić information content (AvgIpc) is 2.82. The van der Waals surface area contributed by atoms with E-state index in [2.05, 4.69) is 10.3 Å². The summed E-state index contributed by atoms with van der Waals surface area (Å²) in [4.78, 5) is 20.4. The predicted octanol–water partition coefficient (Wildman–Crippen LogP) is 1.38. The minimum absolute atomic E-state index is 0.0472. The number of aromatic nitrogens is 1. The van der Waals surface area contributed by atoms with E-state index in [4.69, 9.17) is 9.47 Å². The molecule has 10 nitrogen and oxygen atoms in total. The van der Waals surface area contributed by atoms with Crippen LogP contribution in [0.5, 0.6) is 11.5 Å². The number of rotatable bonds is 7. The number of methoxy groups -OCH3 is 2. The van der Waals surface area contributed by atoms with Gasteiger partial charge in [0.05, 0.1) is 14.2 Å². The molecule has 0 atom stereocenters. The maximum atomic E-state index is 13.2. The lowest BCUT2D eigenvalue weighted by Crippen LogP contribution is -2.53. The van der Waals surface area contributed by atoms with E-state index < -0.39 is 10.0 Å². The van der Waals surface area contributed by atoms with Crippen molar-refractivity contribution in [2.45, 2.75) is 11.4 Å². The summed E-state index contributed by atoms with van der Waals surface area (Å²) in [7, 11) is 2.92. The van der Waals surface area contributed by atoms with Crippen LogP contribution in [0.2, 0.25) is 0 Å². The quantitative estimate of drug-likeness (QED) is 0.662. The number of urea groups is 1. The van der Waals surface area contributed by atoms with Crippen LogP contribution in [0.15, 0.2) is 41.4 Å². The van der Waals surface area contributed by atoms with Crippen molar-refractivity contribution in [1.29, 1.82) is 0 Å². The Hall–Kier alpha value is -3.05. The molecule has 0 saturated carbocycles. The van der Waals surface area contributed by atoms with E-state index in [1.807, 2.05) is 31.1 Å². The highest BCUT2D eigenvalue weighted by molar-refractivity contribution is 7.89. The van der Waals surface area contributed by atoms with Crippen molar-refractivity contribution in [3.63, 3.8) is 0 Å². The highest BCUT2D eigenvalue weighted by Crippen LogP contribution is 2.31. The maximum Gasteiger partial charge on any atom is 0.317 e. The Balaban J connectivity index is 1.59. The van der Waals surface area contributed by atoms with Crippen molar-refractivity contribution in [2.24, 2.45) is 0 Å². The molecule has 1 fully saturated rings. The smallest absolute Gasteiger partial charge is 0.317 e. The van der Waals surface area contributed by atoms with Crippen LogP contribution in [0, 0.1) is 0 Å². The van der Waals surface area contributed by atoms with Gasteiger partial charge in [-0.3, -0.25) is 0 Å². The Morgan fingerprint density at radius 1 is 1.09 bits per heavy atom. The molecule has 0 aliphatic carbocycles. The fraction of sp³-hybridized carbons (Fsp3) is 0.429. The number of hydrogen-bond acceptors (Lipinski definition) is 7. The first-order chi connectivity index (χ1) is 15.3. The summed E-state index contributed by atoms with van der Waals surface area (Å²) in [6.45, 7) is 1.30. The fourth-order valence-electron chi connectivity index (χ4n) is 3.33. The van der Waals surface area contributed by atoms with E-state index in [1.165, 1.54) is 24.6 Å². The number of piperazine rings is 1. The number of benzene rings is 1. The van der Waals surface area contributed by atoms with Gasteiger partial charge < -0.3 is 24.6 Å². The van der Waals surface area contributed by atoms with Gasteiger partial charge in [0.15, 0.2) is 0 Å². The zero-order chi connectivity index (χ0) is 23.3. The Bertz CT molecular complexity index is 1040. The molecule has 1 N–H and O–H groups in total. The molecule has 0 bridgehead atoms. The normalized spacial score (nSPS) is 14.7. The second kappa shape index (κ2) is 10.0. The van der Waals surface area contributed by atoms with Gasteiger partial charge >= 0.3 is 6.03 Å². The summed E-state index contributed by atoms with van der Waals surface area (Å²) in [6.07, 6.45) is 1.72. The Morgan fingerprint density at radius 3 is 2.38 bits per heavy atom. The summed E-state index contributed by atoms with van der Waals surface area (Å²) in [5.41, 5.74) is 0.885. The van der Waals surface area contributed by atoms with Crippen LogP contribution in [0.4, 0.5) is 10.6 Å². The number of sulfonamides is 1. The topological polar surface area (TPSA) is 104 Å². The van der Waals surface area contributed by atoms with E-state index in [1.54, 1.807) is 23.2 Å². The summed E-state index contributed by atoms with van der Waals surface area (Å²) >= 11 is 0. The summed E-state index contributed by atoms with van der Waals surface area (Å²) in [5, 5.41) is 2.86. The van der Waals surface area contributed by atoms with Crippen molar-refractivity contribution in [2.75, 3.05) is 59.4 Å². The largest absolute Gasteiger partial charge is 0.497 e. The molecule has 1 aromatic heterocycles. The maximum absolute atomic E-state index is 13.2. The van der Waals surface area contributed by atoms with Crippen molar-refractivity contribution in [1.82, 2.24) is 19.5 Å². The van der Waals surface area contributed by atoms with E-state index in [9.17, 15) is 13.2 Å². The lowest BCUT2D eigenvalue weighted by Gasteiger charge is -2.34. The van der Waals surface area contributed by atoms with Crippen molar-refractivity contribution in [3.05, 3.63) is 42.1 Å². The number of nitrogens with zero attached hydrogens (tertiary/aromatic N) is 4. The minimum atomic E-state index is -3.80. The molecule has 0 unspecified atom stereocenters. The molecular weight excluding hydrogens is 434 g/mol. The van der Waals surface area contributed by atoms with Crippen LogP contribution in [-0.2, 0) is 16.6 Å². The van der Waals surface area contributed by atoms with Crippen molar-refractivity contribution >= 4 is 21.9 Å². The van der Waals surface area contributed by atoms with Gasteiger partial charge in [-0.15, -0.1) is 0 Å². The first-order valence-electron chi connectivity index (χ1n) is 10.1. The zero-order valence-electron chi connectivity index (χ0n) is 18.7. The molecule has 0 radical (unpaired) electrons. The Labute approximate surface area is 188 Å². The van der Waals surface area contributed by atoms with Crippen molar-refractivity contribution in [3.8, 4) is 11.5 Å². The van der Waals surface area contributed by atoms with Gasteiger partial charge in [0.25, 0.3) is 0 Å². The van der Waals surface area contributed by atoms with E-state index in [0.29, 0.717) is 12.3 Å². The number of hydrogen-bond donors (Lipinski definition) is 1. The molecule has 32 heavy (non-hydrogen) atoms. The zero-order valence-corrected chi connectivity index (χ0v) is 19.6. The molecule has 11 heteroatoms. The van der Waals surface area contributed by atoms with E-state index >= 15 is 0 Å². The lowest BCUT2D eigenvalue weighted by molar-refractivity contribution is 0.172. The predicted molar refractivity (Wildman–Crippen MR) is 121 cm³/mol. The number of carbonyl (C=O) groups excluding carboxylic acids is 1. The molecule has 1 aliphatic rings. The van der Waals surface area contributed by atoms with Gasteiger partial charge in [-0.2, -0.15) is 4.31 Å². The van der Waals surface area contributed by atoms with Gasteiger partial charge in [-0.25, -0.2) is 18.2 Å². The van der Waals surface area contributed by atoms with Gasteiger partial charge in [0, 0.05) is 59.1 Å². The Kier molecular flexibility index (Phi) is 7.41. The first kappa shape index (κ1) is 23.6. The number of pyridine rings is 1. The number of carbonyl (C=O) groups is 1. The third-order valence-electron chi connectivity index (χ3n) is 5.23. The molecule has 1 aromatic carbocycles. The van der Waals surface area contributed by atoms with Gasteiger partial charge in [0.1, 0.15) is 22.2 Å². The Morgan fingerprint density at radius 2 is 1.81 bits per heavy atom. The van der Waals surface area contributed by atoms with Crippen LogP contribution >= 0.6 is 0 Å². The van der Waals surface area contributed by atoms with Crippen LogP contribution < -0.4 is 19.7 Å². The molecule has 1 aliphatic heterocycles. The number of ether oxygens (including phenoxy) is 2. The number of nitrogens with one attached hydrogen (secondary N) is 1. The van der Waals surface area contributed by atoms with Crippen LogP contribution in [0.1, 0.15) is 5.56 Å². The van der Waals surface area contributed by atoms with Gasteiger partial charge in [0.2, 0.25) is 10.0 Å². The lowest BCUT2D eigenvalue weighted by atomic mass is 10.3. The second-order valence-electron chi connectivity index (χ2n) is 7.49. The summed E-state index contributed by atoms with van der Waals surface area (Å²) in [5.74, 6) is 1.51. The monoisotopic (exact) mass is 463 g/mol. The molecule has 2 heterocycles. The highest BCUT2D eigenvalue weighted by Gasteiger charge is 2.32. The molecule has 0 spiro atoms. The van der Waals surface area contributed by atoms with E-state index in [-0.39, 0.29) is 42.9 Å². The minimum Gasteiger partial charge on any atom is -0.497 e. The molecule has 1 saturated heterocycles. The number of anilines is 1. The SMILES string of the molecule is COc1ccc(OC)c(S(=O)(=O)N2CCN(C(=O)NCc3ccc(N(C)C)nc3)CC2)c1. The molecule has 2 aromatic rings. The fourth-order valence-corrected chi connectivity index (χ4v) is 4.92. The molecule has 2 amide bonds. The van der Waals surface area contributed by atoms with Gasteiger partial charge in [-0.1, -0.05) is 6.07 Å². The average molecular weight is 464 g/mol. The standard InChI is InChI=1S/C21H29N5O5S/c1-24(2)20-8-5-16(14-22-20)15-23-21(27)25-9-11-26(12-10-25)32(28,29)19-13-17(30-3)6-7-18(19)31-4/h5-8,13-14H,9-12,15H2,1-4H3,(H,23,27). The summed E-state index contributed by atoms with van der Waals surface area (Å²) < 4.78 is 38.1. The number of amides is 2. The molecule has 174 valence electrons.